The van der Waals surface area contributed by atoms with E-state index in [1.54, 1.807) is 4.90 Å². The Morgan fingerprint density at radius 3 is 2.23 bits per heavy atom. The zero-order chi connectivity index (χ0) is 22.3. The molecular formula is C23H35N3O4S. The van der Waals surface area contributed by atoms with Gasteiger partial charge in [0.1, 0.15) is 5.75 Å². The Bertz CT molecular complexity index is 832. The number of rotatable bonds is 9. The molecule has 0 aromatic heterocycles. The number of piperazine rings is 1. The number of ether oxygens (including phenoxy) is 1. The molecule has 0 unspecified atom stereocenters. The number of hydrogen-bond acceptors (Lipinski definition) is 6. The van der Waals surface area contributed by atoms with Crippen LogP contribution in [0.4, 0.5) is 0 Å². The van der Waals surface area contributed by atoms with Crippen molar-refractivity contribution >= 4 is 15.7 Å². The number of amides is 1. The average Bonchev–Trinajstić information content (AvgIpc) is 2.77. The Kier molecular flexibility index (Phi) is 8.51. The lowest BCUT2D eigenvalue weighted by atomic mass is 10.1. The first-order valence-electron chi connectivity index (χ1n) is 11.2. The molecular weight excluding hydrogens is 414 g/mol. The number of hydrogen-bond donors (Lipinski definition) is 0. The van der Waals surface area contributed by atoms with Crippen LogP contribution in [-0.4, -0.2) is 99.5 Å². The summed E-state index contributed by atoms with van der Waals surface area (Å²) in [4.78, 5) is 19.1. The highest BCUT2D eigenvalue weighted by Crippen LogP contribution is 2.17. The van der Waals surface area contributed by atoms with E-state index in [1.807, 2.05) is 24.3 Å². The van der Waals surface area contributed by atoms with E-state index in [9.17, 15) is 13.2 Å². The third-order valence-corrected chi connectivity index (χ3v) is 7.68. The van der Waals surface area contributed by atoms with Gasteiger partial charge in [-0.15, -0.1) is 0 Å². The first kappa shape index (κ1) is 23.8. The molecule has 0 bridgehead atoms. The van der Waals surface area contributed by atoms with E-state index in [1.165, 1.54) is 0 Å². The van der Waals surface area contributed by atoms with Gasteiger partial charge in [0.25, 0.3) is 0 Å². The fraction of sp³-hybridized carbons (Fsp3) is 0.609. The average molecular weight is 450 g/mol. The maximum absolute atomic E-state index is 12.5. The number of nitrogens with zero attached hydrogens (tertiary/aromatic N) is 3. The van der Waals surface area contributed by atoms with Crippen LogP contribution < -0.4 is 4.74 Å². The Morgan fingerprint density at radius 2 is 1.61 bits per heavy atom. The molecule has 8 heteroatoms. The number of likely N-dealkylation sites (N-methyl/N-ethyl adjacent to an activating group) is 1. The summed E-state index contributed by atoms with van der Waals surface area (Å²) in [6, 6.07) is 7.78. The summed E-state index contributed by atoms with van der Waals surface area (Å²) in [7, 11) is -3.00. The van der Waals surface area contributed by atoms with Crippen molar-refractivity contribution in [1.29, 1.82) is 0 Å². The van der Waals surface area contributed by atoms with Crippen LogP contribution in [0.15, 0.2) is 36.4 Å². The summed E-state index contributed by atoms with van der Waals surface area (Å²) in [6.45, 7) is 14.1. The van der Waals surface area contributed by atoms with Crippen LogP contribution in [0.3, 0.4) is 0 Å². The fourth-order valence-electron chi connectivity index (χ4n) is 3.97. The summed E-state index contributed by atoms with van der Waals surface area (Å²) in [5.74, 6) is 0.743. The molecule has 0 atom stereocenters. The van der Waals surface area contributed by atoms with Crippen LogP contribution in [0.2, 0.25) is 0 Å². The van der Waals surface area contributed by atoms with E-state index in [4.69, 9.17) is 4.74 Å². The van der Waals surface area contributed by atoms with Gasteiger partial charge in [-0.25, -0.2) is 8.42 Å². The second-order valence-electron chi connectivity index (χ2n) is 8.35. The molecule has 2 fully saturated rings. The van der Waals surface area contributed by atoms with Gasteiger partial charge in [-0.3, -0.25) is 4.79 Å². The minimum Gasteiger partial charge on any atom is -0.494 e. The Morgan fingerprint density at radius 1 is 1.00 bits per heavy atom. The Hall–Kier alpha value is -1.90. The molecule has 1 amide bonds. The van der Waals surface area contributed by atoms with Crippen LogP contribution in [-0.2, 0) is 21.1 Å². The molecule has 0 aliphatic carbocycles. The zero-order valence-corrected chi connectivity index (χ0v) is 19.4. The molecule has 2 aliphatic rings. The molecule has 0 spiro atoms. The number of carbonyl (C=O) groups excluding carboxylic acids is 1. The predicted octanol–water partition coefficient (Wildman–Crippen LogP) is 1.45. The molecule has 1 aromatic carbocycles. The maximum Gasteiger partial charge on any atom is 0.249 e. The third kappa shape index (κ3) is 7.33. The summed E-state index contributed by atoms with van der Waals surface area (Å²) < 4.78 is 28.9. The van der Waals surface area contributed by atoms with Gasteiger partial charge < -0.3 is 19.4 Å². The van der Waals surface area contributed by atoms with Gasteiger partial charge in [0.15, 0.2) is 9.84 Å². The standard InChI is InChI=1S/C23H35N3O4S/c1-3-24-10-12-25(13-11-24)9-4-16-30-22-7-5-21(6-8-22)19-20(2)23(27)26-14-17-31(28,29)18-15-26/h5-8H,2-4,9-19H2,1H3. The third-order valence-electron chi connectivity index (χ3n) is 6.07. The smallest absolute Gasteiger partial charge is 0.249 e. The lowest BCUT2D eigenvalue weighted by molar-refractivity contribution is -0.126. The molecule has 0 saturated carbocycles. The van der Waals surface area contributed by atoms with Crippen LogP contribution >= 0.6 is 0 Å². The van der Waals surface area contributed by atoms with Gasteiger partial charge >= 0.3 is 0 Å². The summed E-state index contributed by atoms with van der Waals surface area (Å²) in [5.41, 5.74) is 1.47. The van der Waals surface area contributed by atoms with Crippen LogP contribution in [0.5, 0.6) is 5.75 Å². The van der Waals surface area contributed by atoms with Gasteiger partial charge in [-0.2, -0.15) is 0 Å². The fourth-order valence-corrected chi connectivity index (χ4v) is 5.17. The van der Waals surface area contributed by atoms with E-state index < -0.39 is 9.84 Å². The van der Waals surface area contributed by atoms with Crippen LogP contribution in [0, 0.1) is 0 Å². The first-order chi connectivity index (χ1) is 14.9. The normalized spacial score (nSPS) is 19.8. The molecule has 2 aliphatic heterocycles. The van der Waals surface area contributed by atoms with Crippen molar-refractivity contribution in [2.75, 3.05) is 70.5 Å². The predicted molar refractivity (Wildman–Crippen MR) is 123 cm³/mol. The van der Waals surface area contributed by atoms with E-state index in [0.717, 1.165) is 57.0 Å². The van der Waals surface area contributed by atoms with Gasteiger partial charge in [0.05, 0.1) is 18.1 Å². The quantitative estimate of drug-likeness (QED) is 0.420. The highest BCUT2D eigenvalue weighted by atomic mass is 32.2. The first-order valence-corrected chi connectivity index (χ1v) is 13.0. The number of sulfone groups is 1. The van der Waals surface area contributed by atoms with E-state index in [2.05, 4.69) is 23.3 Å². The lowest BCUT2D eigenvalue weighted by Gasteiger charge is -2.33. The highest BCUT2D eigenvalue weighted by Gasteiger charge is 2.26. The van der Waals surface area contributed by atoms with Gasteiger partial charge in [0.2, 0.25) is 5.91 Å². The lowest BCUT2D eigenvalue weighted by Crippen LogP contribution is -2.46. The second kappa shape index (κ2) is 11.1. The largest absolute Gasteiger partial charge is 0.494 e. The summed E-state index contributed by atoms with van der Waals surface area (Å²) >= 11 is 0. The van der Waals surface area contributed by atoms with Crippen molar-refractivity contribution in [1.82, 2.24) is 14.7 Å². The molecule has 3 rings (SSSR count). The van der Waals surface area contributed by atoms with Gasteiger partial charge in [0, 0.05) is 57.8 Å². The Labute approximate surface area is 186 Å². The molecule has 0 N–H and O–H groups in total. The van der Waals surface area contributed by atoms with Crippen molar-refractivity contribution in [3.63, 3.8) is 0 Å². The molecule has 2 saturated heterocycles. The van der Waals surface area contributed by atoms with E-state index >= 15 is 0 Å². The Balaban J connectivity index is 1.36. The van der Waals surface area contributed by atoms with Crippen molar-refractivity contribution in [2.45, 2.75) is 19.8 Å². The van der Waals surface area contributed by atoms with Crippen molar-refractivity contribution in [3.05, 3.63) is 42.0 Å². The molecule has 2 heterocycles. The molecule has 1 aromatic rings. The topological polar surface area (TPSA) is 70.2 Å². The van der Waals surface area contributed by atoms with Gasteiger partial charge in [-0.05, 0) is 30.7 Å². The highest BCUT2D eigenvalue weighted by molar-refractivity contribution is 7.91. The van der Waals surface area contributed by atoms with E-state index in [0.29, 0.717) is 18.6 Å². The van der Waals surface area contributed by atoms with Gasteiger partial charge in [-0.1, -0.05) is 25.6 Å². The van der Waals surface area contributed by atoms with Crippen LogP contribution in [0.25, 0.3) is 0 Å². The molecule has 0 radical (unpaired) electrons. The summed E-state index contributed by atoms with van der Waals surface area (Å²) in [6.07, 6.45) is 1.46. The SMILES string of the molecule is C=C(Cc1ccc(OCCCN2CCN(CC)CC2)cc1)C(=O)N1CCS(=O)(=O)CC1. The zero-order valence-electron chi connectivity index (χ0n) is 18.6. The number of benzene rings is 1. The van der Waals surface area contributed by atoms with E-state index in [-0.39, 0.29) is 30.5 Å². The monoisotopic (exact) mass is 449 g/mol. The molecule has 31 heavy (non-hydrogen) atoms. The maximum atomic E-state index is 12.5. The van der Waals surface area contributed by atoms with Crippen molar-refractivity contribution < 1.29 is 17.9 Å². The minimum atomic E-state index is -3.00. The second-order valence-corrected chi connectivity index (χ2v) is 10.6. The molecule has 172 valence electrons. The summed E-state index contributed by atoms with van der Waals surface area (Å²) in [5, 5.41) is 0. The number of carbonyl (C=O) groups is 1. The van der Waals surface area contributed by atoms with Crippen molar-refractivity contribution in [3.8, 4) is 5.75 Å². The molecule has 7 nitrogen and oxygen atoms in total. The van der Waals surface area contributed by atoms with Crippen molar-refractivity contribution in [2.24, 2.45) is 0 Å². The van der Waals surface area contributed by atoms with Crippen LogP contribution in [0.1, 0.15) is 18.9 Å². The minimum absolute atomic E-state index is 0.0347.